The highest BCUT2D eigenvalue weighted by Crippen LogP contribution is 2.29. The van der Waals surface area contributed by atoms with E-state index in [1.807, 2.05) is 42.5 Å². The van der Waals surface area contributed by atoms with Crippen molar-refractivity contribution in [2.45, 2.75) is 31.2 Å². The maximum absolute atomic E-state index is 13.9. The van der Waals surface area contributed by atoms with Gasteiger partial charge in [0.1, 0.15) is 22.9 Å². The normalized spacial score (nSPS) is 17.5. The summed E-state index contributed by atoms with van der Waals surface area (Å²) in [5, 5.41) is -0.911. The Balaban J connectivity index is 1.88. The highest BCUT2D eigenvalue weighted by Gasteiger charge is 2.37. The van der Waals surface area contributed by atoms with Gasteiger partial charge in [-0.2, -0.15) is 4.31 Å². The smallest absolute Gasteiger partial charge is 0.231 e. The summed E-state index contributed by atoms with van der Waals surface area (Å²) in [6.45, 7) is 2.16. The van der Waals surface area contributed by atoms with Gasteiger partial charge in [0, 0.05) is 20.2 Å². The second kappa shape index (κ2) is 12.1. The summed E-state index contributed by atoms with van der Waals surface area (Å²) in [7, 11) is 2.36. The predicted octanol–water partition coefficient (Wildman–Crippen LogP) is 3.51. The van der Waals surface area contributed by atoms with Crippen LogP contribution in [0, 0.1) is 5.92 Å². The molecule has 1 unspecified atom stereocenters. The summed E-state index contributed by atoms with van der Waals surface area (Å²) < 4.78 is 50.6. The average molecular weight is 504 g/mol. The maximum Gasteiger partial charge on any atom is 0.231 e. The zero-order valence-electron chi connectivity index (χ0n) is 20.7. The van der Waals surface area contributed by atoms with Crippen LogP contribution in [0.3, 0.4) is 0 Å². The van der Waals surface area contributed by atoms with Crippen LogP contribution in [0.4, 0.5) is 0 Å². The highest BCUT2D eigenvalue weighted by molar-refractivity contribution is 7.89. The Morgan fingerprint density at radius 3 is 2.29 bits per heavy atom. The maximum atomic E-state index is 13.9. The van der Waals surface area contributed by atoms with Gasteiger partial charge in [-0.3, -0.25) is 4.98 Å². The number of aromatic nitrogens is 2. The third-order valence-corrected chi connectivity index (χ3v) is 8.19. The van der Waals surface area contributed by atoms with Gasteiger partial charge in [-0.15, -0.1) is 0 Å². The molecule has 0 saturated heterocycles. The molecule has 190 valence electrons. The summed E-state index contributed by atoms with van der Waals surface area (Å²) in [5.41, 5.74) is 1.27. The van der Waals surface area contributed by atoms with Gasteiger partial charge in [0.05, 0.1) is 39.4 Å². The molecular formula is C25H33N3O6S. The summed E-state index contributed by atoms with van der Waals surface area (Å²) in [4.78, 5) is 8.46. The predicted molar refractivity (Wildman–Crippen MR) is 132 cm³/mol. The summed E-state index contributed by atoms with van der Waals surface area (Å²) in [6, 6.07) is 7.38. The third kappa shape index (κ3) is 6.59. The zero-order valence-corrected chi connectivity index (χ0v) is 21.6. The minimum atomic E-state index is -3.82. The Labute approximate surface area is 207 Å². The van der Waals surface area contributed by atoms with E-state index in [9.17, 15) is 8.42 Å². The Kier molecular flexibility index (Phi) is 9.25. The molecule has 1 aromatic heterocycles. The first kappa shape index (κ1) is 26.7. The van der Waals surface area contributed by atoms with Crippen molar-refractivity contribution < 1.29 is 27.4 Å². The first-order valence-electron chi connectivity index (χ1n) is 11.2. The summed E-state index contributed by atoms with van der Waals surface area (Å²) in [6.07, 6.45) is 8.63. The molecular weight excluding hydrogens is 470 g/mol. The van der Waals surface area contributed by atoms with Crippen LogP contribution in [-0.4, -0.2) is 62.9 Å². The van der Waals surface area contributed by atoms with E-state index in [1.165, 1.54) is 30.9 Å². The average Bonchev–Trinajstić information content (AvgIpc) is 2.89. The van der Waals surface area contributed by atoms with Crippen molar-refractivity contribution >= 4 is 10.0 Å². The number of ether oxygens (including phenoxy) is 4. The van der Waals surface area contributed by atoms with Gasteiger partial charge in [-0.05, 0) is 49.1 Å². The van der Waals surface area contributed by atoms with Crippen LogP contribution in [0.25, 0.3) is 0 Å². The number of rotatable bonds is 12. The first-order chi connectivity index (χ1) is 16.8. The molecule has 1 aliphatic carbocycles. The highest BCUT2D eigenvalue weighted by atomic mass is 32.2. The van der Waals surface area contributed by atoms with Crippen LogP contribution >= 0.6 is 0 Å². The van der Waals surface area contributed by atoms with Crippen molar-refractivity contribution in [3.63, 3.8) is 0 Å². The summed E-state index contributed by atoms with van der Waals surface area (Å²) in [5.74, 6) is 1.84. The molecule has 0 saturated carbocycles. The van der Waals surface area contributed by atoms with Gasteiger partial charge < -0.3 is 18.9 Å². The monoisotopic (exact) mass is 503 g/mol. The van der Waals surface area contributed by atoms with Gasteiger partial charge in [-0.1, -0.05) is 18.2 Å². The Hall–Kier alpha value is -2.95. The minimum Gasteiger partial charge on any atom is -0.497 e. The van der Waals surface area contributed by atoms with Crippen molar-refractivity contribution in [3.8, 4) is 11.6 Å². The topological polar surface area (TPSA) is 100 Å². The SMILES string of the molecule is COC1=CCC(CN(Cc2ccc(OC)cc2)S(=O)(=O)[C@H](C)[C@H](OC)c2cnc(OC)cn2)C=C1. The van der Waals surface area contributed by atoms with Crippen LogP contribution in [0.2, 0.25) is 0 Å². The molecule has 35 heavy (non-hydrogen) atoms. The van der Waals surface area contributed by atoms with Crippen LogP contribution in [0.1, 0.15) is 30.7 Å². The number of hydrogen-bond acceptors (Lipinski definition) is 8. The van der Waals surface area contributed by atoms with Crippen LogP contribution in [0.5, 0.6) is 11.6 Å². The van der Waals surface area contributed by atoms with E-state index in [0.29, 0.717) is 30.3 Å². The Morgan fingerprint density at radius 1 is 1.03 bits per heavy atom. The molecule has 1 heterocycles. The fourth-order valence-corrected chi connectivity index (χ4v) is 5.67. The van der Waals surface area contributed by atoms with Crippen molar-refractivity contribution in [2.75, 3.05) is 35.0 Å². The molecule has 0 radical (unpaired) electrons. The van der Waals surface area contributed by atoms with E-state index < -0.39 is 21.4 Å². The van der Waals surface area contributed by atoms with Crippen molar-refractivity contribution in [3.05, 3.63) is 71.9 Å². The molecule has 0 fully saturated rings. The van der Waals surface area contributed by atoms with Crippen LogP contribution in [0.15, 0.2) is 60.6 Å². The van der Waals surface area contributed by atoms with Crippen LogP contribution < -0.4 is 9.47 Å². The molecule has 1 aliphatic rings. The van der Waals surface area contributed by atoms with Crippen molar-refractivity contribution in [1.29, 1.82) is 0 Å². The standard InChI is InChI=1S/C25H33N3O6S/c1-18(25(34-5)23-14-27-24(33-4)15-26-23)35(29,30)28(16-19-6-10-21(31-2)11-7-19)17-20-8-12-22(32-3)13-9-20/h6-8,10-15,18,20,25H,9,16-17H2,1-5H3/t18-,20?,25+/m1/s1. The fourth-order valence-electron chi connectivity index (χ4n) is 3.91. The number of hydrogen-bond donors (Lipinski definition) is 0. The van der Waals surface area contributed by atoms with E-state index in [4.69, 9.17) is 18.9 Å². The quantitative estimate of drug-likeness (QED) is 0.434. The number of benzene rings is 1. The number of allylic oxidation sites excluding steroid dienone is 2. The Bertz CT molecular complexity index is 1120. The second-order valence-corrected chi connectivity index (χ2v) is 10.5. The lowest BCUT2D eigenvalue weighted by Gasteiger charge is -2.31. The van der Waals surface area contributed by atoms with Crippen molar-refractivity contribution in [1.82, 2.24) is 14.3 Å². The number of methoxy groups -OCH3 is 4. The van der Waals surface area contributed by atoms with Crippen molar-refractivity contribution in [2.24, 2.45) is 5.92 Å². The fraction of sp³-hybridized carbons (Fsp3) is 0.440. The van der Waals surface area contributed by atoms with E-state index in [-0.39, 0.29) is 12.5 Å². The molecule has 1 aromatic carbocycles. The van der Waals surface area contributed by atoms with Gasteiger partial charge in [-0.25, -0.2) is 13.4 Å². The van der Waals surface area contributed by atoms with Crippen LogP contribution in [-0.2, 0) is 26.0 Å². The molecule has 10 heteroatoms. The molecule has 0 aliphatic heterocycles. The van der Waals surface area contributed by atoms with E-state index in [0.717, 1.165) is 11.3 Å². The molecule has 9 nitrogen and oxygen atoms in total. The van der Waals surface area contributed by atoms with Gasteiger partial charge in [0.2, 0.25) is 15.9 Å². The van der Waals surface area contributed by atoms with Gasteiger partial charge in [0.25, 0.3) is 0 Å². The lowest BCUT2D eigenvalue weighted by molar-refractivity contribution is 0.0963. The first-order valence-corrected chi connectivity index (χ1v) is 12.8. The van der Waals surface area contributed by atoms with Gasteiger partial charge >= 0.3 is 0 Å². The molecule has 2 aromatic rings. The zero-order chi connectivity index (χ0) is 25.4. The second-order valence-electron chi connectivity index (χ2n) is 8.20. The molecule has 0 N–H and O–H groups in total. The molecule has 0 spiro atoms. The molecule has 3 atom stereocenters. The minimum absolute atomic E-state index is 0.0101. The summed E-state index contributed by atoms with van der Waals surface area (Å²) >= 11 is 0. The molecule has 3 rings (SSSR count). The Morgan fingerprint density at radius 2 is 1.77 bits per heavy atom. The lowest BCUT2D eigenvalue weighted by Crippen LogP contribution is -2.42. The van der Waals surface area contributed by atoms with Gasteiger partial charge in [0.15, 0.2) is 0 Å². The largest absolute Gasteiger partial charge is 0.497 e. The van der Waals surface area contributed by atoms with E-state index >= 15 is 0 Å². The number of sulfonamides is 1. The molecule has 0 amide bonds. The lowest BCUT2D eigenvalue weighted by atomic mass is 10.00. The van der Waals surface area contributed by atoms with E-state index in [2.05, 4.69) is 9.97 Å². The molecule has 0 bridgehead atoms. The third-order valence-electron chi connectivity index (χ3n) is 6.01. The van der Waals surface area contributed by atoms with E-state index in [1.54, 1.807) is 21.1 Å². The number of nitrogens with zero attached hydrogens (tertiary/aromatic N) is 3.